The molecule has 196 valence electrons. The average Bonchev–Trinajstić information content (AvgIpc) is 3.55. The van der Waals surface area contributed by atoms with E-state index in [1.54, 1.807) is 30.0 Å². The average molecular weight is 528 g/mol. The molecule has 0 radical (unpaired) electrons. The molecule has 1 amide bonds. The third-order valence-corrected chi connectivity index (χ3v) is 7.68. The third kappa shape index (κ3) is 5.73. The number of aromatic nitrogens is 2. The molecule has 0 fully saturated rings. The molecule has 5 rings (SSSR count). The van der Waals surface area contributed by atoms with Crippen LogP contribution in [-0.2, 0) is 6.54 Å². The highest BCUT2D eigenvalue weighted by atomic mass is 32.2. The number of rotatable bonds is 10. The van der Waals surface area contributed by atoms with Crippen molar-refractivity contribution in [2.24, 2.45) is 0 Å². The van der Waals surface area contributed by atoms with E-state index in [1.165, 1.54) is 16.7 Å². The molecule has 1 aromatic heterocycles. The topological polar surface area (TPSA) is 65.4 Å². The molecule has 4 aromatic rings. The zero-order valence-corrected chi connectivity index (χ0v) is 22.9. The Kier molecular flexibility index (Phi) is 8.03. The normalized spacial score (nSPS) is 12.1. The molecular weight excluding hydrogens is 494 g/mol. The Morgan fingerprint density at radius 1 is 0.921 bits per heavy atom. The number of ether oxygens (including phenoxy) is 2. The molecule has 1 aliphatic rings. The minimum atomic E-state index is -0.0945. The van der Waals surface area contributed by atoms with Gasteiger partial charge in [0.05, 0.1) is 11.4 Å². The fraction of sp³-hybridized carbons (Fsp3) is 0.290. The van der Waals surface area contributed by atoms with Crippen LogP contribution in [-0.4, -0.2) is 34.5 Å². The summed E-state index contributed by atoms with van der Waals surface area (Å²) in [6.45, 7) is 8.06. The summed E-state index contributed by atoms with van der Waals surface area (Å²) in [5.74, 6) is 2.14. The van der Waals surface area contributed by atoms with Crippen molar-refractivity contribution < 1.29 is 14.3 Å². The highest BCUT2D eigenvalue weighted by molar-refractivity contribution is 7.99. The van der Waals surface area contributed by atoms with Crippen LogP contribution in [0.3, 0.4) is 0 Å². The molecule has 0 aliphatic carbocycles. The highest BCUT2D eigenvalue weighted by Gasteiger charge is 2.20. The first kappa shape index (κ1) is 25.9. The van der Waals surface area contributed by atoms with E-state index in [0.29, 0.717) is 23.6 Å². The van der Waals surface area contributed by atoms with Crippen LogP contribution in [0.15, 0.2) is 71.9 Å². The number of thioether (sulfide) groups is 1. The molecule has 0 saturated heterocycles. The molecule has 0 bridgehead atoms. The number of benzene rings is 3. The summed E-state index contributed by atoms with van der Waals surface area (Å²) in [5.41, 5.74) is 7.56. The van der Waals surface area contributed by atoms with Crippen LogP contribution in [0, 0.1) is 13.8 Å². The van der Waals surface area contributed by atoms with Gasteiger partial charge in [0, 0.05) is 35.5 Å². The number of nitrogens with zero attached hydrogens (tertiary/aromatic N) is 2. The van der Waals surface area contributed by atoms with Gasteiger partial charge in [0.25, 0.3) is 5.91 Å². The number of carbonyl (C=O) groups excluding carboxylic acids is 1. The van der Waals surface area contributed by atoms with Gasteiger partial charge in [-0.05, 0) is 51.8 Å². The Labute approximate surface area is 228 Å². The monoisotopic (exact) mass is 527 g/mol. The Morgan fingerprint density at radius 2 is 1.61 bits per heavy atom. The summed E-state index contributed by atoms with van der Waals surface area (Å²) in [7, 11) is 0. The van der Waals surface area contributed by atoms with Crippen LogP contribution in [0.5, 0.6) is 11.5 Å². The first-order valence-electron chi connectivity index (χ1n) is 13.1. The van der Waals surface area contributed by atoms with E-state index >= 15 is 0 Å². The van der Waals surface area contributed by atoms with Gasteiger partial charge in [-0.3, -0.25) is 4.79 Å². The molecular formula is C31H33N3O3S. The minimum Gasteiger partial charge on any atom is -0.454 e. The molecule has 0 unspecified atom stereocenters. The quantitative estimate of drug-likeness (QED) is 0.180. The van der Waals surface area contributed by atoms with Crippen molar-refractivity contribution in [2.75, 3.05) is 19.1 Å². The van der Waals surface area contributed by atoms with Crippen LogP contribution in [0.2, 0.25) is 0 Å². The van der Waals surface area contributed by atoms with Crippen LogP contribution in [0.25, 0.3) is 22.5 Å². The van der Waals surface area contributed by atoms with Crippen molar-refractivity contribution in [1.29, 1.82) is 0 Å². The summed E-state index contributed by atoms with van der Waals surface area (Å²) in [6, 6.07) is 22.6. The van der Waals surface area contributed by atoms with Gasteiger partial charge >= 0.3 is 0 Å². The lowest BCUT2D eigenvalue weighted by atomic mass is 10.0. The zero-order chi connectivity index (χ0) is 26.5. The van der Waals surface area contributed by atoms with E-state index in [9.17, 15) is 4.79 Å². The molecule has 7 heteroatoms. The van der Waals surface area contributed by atoms with Gasteiger partial charge in [0.2, 0.25) is 6.79 Å². The number of carbonyl (C=O) groups is 1. The highest BCUT2D eigenvalue weighted by Crippen LogP contribution is 2.36. The number of nitrogens with one attached hydrogen (secondary N) is 1. The Balaban J connectivity index is 1.23. The molecule has 38 heavy (non-hydrogen) atoms. The van der Waals surface area contributed by atoms with Crippen LogP contribution >= 0.6 is 11.8 Å². The summed E-state index contributed by atoms with van der Waals surface area (Å²) >= 11 is 1.78. The van der Waals surface area contributed by atoms with Crippen molar-refractivity contribution in [2.45, 2.75) is 45.3 Å². The Bertz CT molecular complexity index is 1410. The first-order chi connectivity index (χ1) is 18.5. The Hall–Kier alpha value is -3.71. The summed E-state index contributed by atoms with van der Waals surface area (Å²) in [4.78, 5) is 17.6. The number of unbranched alkanes of at least 4 members (excludes halogenated alkanes) is 1. The van der Waals surface area contributed by atoms with Gasteiger partial charge in [-0.1, -0.05) is 71.4 Å². The van der Waals surface area contributed by atoms with Gasteiger partial charge in [-0.2, -0.15) is 0 Å². The van der Waals surface area contributed by atoms with Gasteiger partial charge in [-0.15, -0.1) is 0 Å². The van der Waals surface area contributed by atoms with E-state index in [1.807, 2.05) is 0 Å². The molecule has 3 aromatic carbocycles. The van der Waals surface area contributed by atoms with E-state index in [4.69, 9.17) is 14.5 Å². The maximum absolute atomic E-state index is 12.5. The maximum atomic E-state index is 12.5. The van der Waals surface area contributed by atoms with Gasteiger partial charge < -0.3 is 19.4 Å². The third-order valence-electron chi connectivity index (χ3n) is 6.62. The van der Waals surface area contributed by atoms with E-state index < -0.39 is 0 Å². The lowest BCUT2D eigenvalue weighted by Crippen LogP contribution is -2.24. The van der Waals surface area contributed by atoms with Crippen LogP contribution in [0.4, 0.5) is 0 Å². The largest absolute Gasteiger partial charge is 0.454 e. The fourth-order valence-corrected chi connectivity index (χ4v) is 5.55. The van der Waals surface area contributed by atoms with Gasteiger partial charge in [0.1, 0.15) is 0 Å². The molecule has 0 atom stereocenters. The lowest BCUT2D eigenvalue weighted by molar-refractivity contribution is 0.0952. The lowest BCUT2D eigenvalue weighted by Gasteiger charge is -2.11. The summed E-state index contributed by atoms with van der Waals surface area (Å²) in [6.07, 6.45) is 1.87. The standard InChI is InChI=1S/C31H33N3O3S/c1-4-34-29(24-13-9-22(3)10-14-24)28(23-11-7-21(2)8-12-23)33-31(34)38-18-6-5-17-32-30(35)25-15-16-26-27(19-25)37-20-36-26/h7-16,19H,4-6,17-18,20H2,1-3H3,(H,32,35). The SMILES string of the molecule is CCn1c(SCCCCNC(=O)c2ccc3c(c2)OCO3)nc(-c2ccc(C)cc2)c1-c1ccc(C)cc1. The Morgan fingerprint density at radius 3 is 2.32 bits per heavy atom. The number of hydrogen-bond donors (Lipinski definition) is 1. The molecule has 0 saturated carbocycles. The molecule has 2 heterocycles. The van der Waals surface area contributed by atoms with Gasteiger partial charge in [-0.25, -0.2) is 4.98 Å². The van der Waals surface area contributed by atoms with E-state index in [-0.39, 0.29) is 12.7 Å². The number of imidazole rings is 1. The summed E-state index contributed by atoms with van der Waals surface area (Å²) < 4.78 is 13.0. The number of hydrogen-bond acceptors (Lipinski definition) is 5. The number of fused-ring (bicyclic) bond motifs is 1. The van der Waals surface area contributed by atoms with Crippen molar-refractivity contribution in [3.05, 3.63) is 83.4 Å². The molecule has 1 aliphatic heterocycles. The minimum absolute atomic E-state index is 0.0945. The maximum Gasteiger partial charge on any atom is 0.251 e. The van der Waals surface area contributed by atoms with Crippen molar-refractivity contribution in [3.8, 4) is 34.0 Å². The van der Waals surface area contributed by atoms with Gasteiger partial charge in [0.15, 0.2) is 16.7 Å². The second kappa shape index (κ2) is 11.8. The van der Waals surface area contributed by atoms with Crippen molar-refractivity contribution >= 4 is 17.7 Å². The van der Waals surface area contributed by atoms with Crippen molar-refractivity contribution in [3.63, 3.8) is 0 Å². The number of amides is 1. The second-order valence-corrected chi connectivity index (χ2v) is 10.5. The van der Waals surface area contributed by atoms with E-state index in [0.717, 1.165) is 47.2 Å². The van der Waals surface area contributed by atoms with E-state index in [2.05, 4.69) is 79.2 Å². The second-order valence-electron chi connectivity index (χ2n) is 9.45. The summed E-state index contributed by atoms with van der Waals surface area (Å²) in [5, 5.41) is 4.04. The van der Waals surface area contributed by atoms with Crippen LogP contribution in [0.1, 0.15) is 41.3 Å². The predicted molar refractivity (Wildman–Crippen MR) is 153 cm³/mol. The molecule has 6 nitrogen and oxygen atoms in total. The first-order valence-corrected chi connectivity index (χ1v) is 14.1. The fourth-order valence-electron chi connectivity index (χ4n) is 4.48. The molecule has 1 N–H and O–H groups in total. The smallest absolute Gasteiger partial charge is 0.251 e. The van der Waals surface area contributed by atoms with Crippen LogP contribution < -0.4 is 14.8 Å². The van der Waals surface area contributed by atoms with Crippen molar-refractivity contribution in [1.82, 2.24) is 14.9 Å². The zero-order valence-electron chi connectivity index (χ0n) is 22.1. The molecule has 0 spiro atoms. The predicted octanol–water partition coefficient (Wildman–Crippen LogP) is 6.88. The number of aryl methyl sites for hydroxylation is 2.